The first-order chi connectivity index (χ1) is 21.8. The SMILES string of the molecule is CC[C@H]1O[C@@H](n2cc(C)c(NC(=O)c3ccccc3)nc2=O)C(OCCOC)[C@H]1O[P@]1O[C@@](C)(c2ccccc2)[C@H]2CCCN21. The summed E-state index contributed by atoms with van der Waals surface area (Å²) in [6.07, 6.45) is 2.08. The van der Waals surface area contributed by atoms with E-state index < -0.39 is 38.3 Å². The molecule has 12 heteroatoms. The van der Waals surface area contributed by atoms with E-state index in [1.54, 1.807) is 44.5 Å². The third-order valence-corrected chi connectivity index (χ3v) is 10.7. The molecule has 1 N–H and O–H groups in total. The molecule has 11 nitrogen and oxygen atoms in total. The third-order valence-electron chi connectivity index (χ3n) is 8.86. The molecule has 0 bridgehead atoms. The van der Waals surface area contributed by atoms with Crippen molar-refractivity contribution in [3.63, 3.8) is 0 Å². The molecule has 3 aliphatic rings. The number of fused-ring (bicyclic) bond motifs is 1. The van der Waals surface area contributed by atoms with Crippen molar-refractivity contribution in [1.29, 1.82) is 0 Å². The van der Waals surface area contributed by atoms with Gasteiger partial charge in [-0.05, 0) is 50.8 Å². The van der Waals surface area contributed by atoms with Gasteiger partial charge in [0.15, 0.2) is 6.23 Å². The van der Waals surface area contributed by atoms with Crippen LogP contribution in [0.15, 0.2) is 71.7 Å². The van der Waals surface area contributed by atoms with E-state index in [9.17, 15) is 9.59 Å². The van der Waals surface area contributed by atoms with Gasteiger partial charge < -0.3 is 28.6 Å². The van der Waals surface area contributed by atoms with Crippen LogP contribution in [0.1, 0.15) is 60.8 Å². The Morgan fingerprint density at radius 3 is 2.56 bits per heavy atom. The average molecular weight is 637 g/mol. The van der Waals surface area contributed by atoms with Crippen LogP contribution in [0.5, 0.6) is 0 Å². The topological polar surface area (TPSA) is 113 Å². The van der Waals surface area contributed by atoms with Gasteiger partial charge in [0.05, 0.1) is 25.4 Å². The Kier molecular flexibility index (Phi) is 9.77. The molecule has 3 aliphatic heterocycles. The van der Waals surface area contributed by atoms with Crippen molar-refractivity contribution in [3.8, 4) is 0 Å². The zero-order valence-corrected chi connectivity index (χ0v) is 27.0. The standard InChI is InChI=1S/C33H41N4O7P/c1-5-25-27(43-45-37-18-12-17-26(37)33(3,44-45)24-15-10-7-11-16-24)28(41-20-19-40-4)31(42-25)36-21-22(2)29(35-32(36)39)34-30(38)23-13-8-6-9-14-23/h6-11,13-16,21,25-28,31H,5,12,17-20H2,1-4H3,(H,34,35,38,39)/t25-,26-,27+,28?,31-,33+,45-/m1/s1. The van der Waals surface area contributed by atoms with Crippen LogP contribution in [0.2, 0.25) is 0 Å². The molecule has 4 heterocycles. The zero-order chi connectivity index (χ0) is 31.6. The number of anilines is 1. The van der Waals surface area contributed by atoms with Crippen LogP contribution in [0.4, 0.5) is 5.82 Å². The fraction of sp³-hybridized carbons (Fsp3) is 0.485. The molecule has 0 radical (unpaired) electrons. The lowest BCUT2D eigenvalue weighted by Gasteiger charge is -2.29. The van der Waals surface area contributed by atoms with Gasteiger partial charge in [-0.25, -0.2) is 9.46 Å². The lowest BCUT2D eigenvalue weighted by molar-refractivity contribution is -0.0783. The smallest absolute Gasteiger partial charge is 0.351 e. The van der Waals surface area contributed by atoms with Crippen molar-refractivity contribution in [2.24, 2.45) is 0 Å². The van der Waals surface area contributed by atoms with Gasteiger partial charge in [-0.15, -0.1) is 0 Å². The molecule has 3 aromatic rings. The van der Waals surface area contributed by atoms with Gasteiger partial charge in [0.1, 0.15) is 23.6 Å². The van der Waals surface area contributed by atoms with E-state index >= 15 is 0 Å². The normalized spacial score (nSPS) is 29.6. The van der Waals surface area contributed by atoms with E-state index in [4.69, 9.17) is 23.3 Å². The first-order valence-corrected chi connectivity index (χ1v) is 16.7. The molecule has 3 fully saturated rings. The average Bonchev–Trinajstić information content (AvgIpc) is 3.75. The highest BCUT2D eigenvalue weighted by Gasteiger charge is 2.57. The molecular formula is C33H41N4O7P. The van der Waals surface area contributed by atoms with Crippen LogP contribution < -0.4 is 11.0 Å². The van der Waals surface area contributed by atoms with Crippen LogP contribution in [-0.4, -0.2) is 71.4 Å². The number of benzene rings is 2. The van der Waals surface area contributed by atoms with Gasteiger partial charge >= 0.3 is 5.69 Å². The number of nitrogens with zero attached hydrogens (tertiary/aromatic N) is 3. The number of aromatic nitrogens is 2. The largest absolute Gasteiger partial charge is 0.382 e. The first kappa shape index (κ1) is 31.9. The highest BCUT2D eigenvalue weighted by molar-refractivity contribution is 7.45. The fourth-order valence-corrected chi connectivity index (χ4v) is 8.61. The van der Waals surface area contributed by atoms with E-state index in [-0.39, 0.29) is 30.5 Å². The second-order valence-corrected chi connectivity index (χ2v) is 13.2. The Morgan fingerprint density at radius 2 is 1.84 bits per heavy atom. The minimum atomic E-state index is -1.43. The molecule has 1 unspecified atom stereocenters. The Hall–Kier alpha value is -3.02. The van der Waals surface area contributed by atoms with Crippen LogP contribution in [0.3, 0.4) is 0 Å². The molecular weight excluding hydrogens is 595 g/mol. The van der Waals surface area contributed by atoms with E-state index in [2.05, 4.69) is 34.0 Å². The summed E-state index contributed by atoms with van der Waals surface area (Å²) < 4.78 is 35.6. The van der Waals surface area contributed by atoms with Gasteiger partial charge in [0.2, 0.25) is 0 Å². The van der Waals surface area contributed by atoms with Crippen LogP contribution in [0.25, 0.3) is 0 Å². The molecule has 6 rings (SSSR count). The summed E-state index contributed by atoms with van der Waals surface area (Å²) in [6, 6.07) is 19.3. The zero-order valence-electron chi connectivity index (χ0n) is 26.1. The van der Waals surface area contributed by atoms with E-state index in [0.717, 1.165) is 24.9 Å². The molecule has 2 aromatic carbocycles. The molecule has 1 amide bonds. The van der Waals surface area contributed by atoms with E-state index in [0.29, 0.717) is 24.2 Å². The Balaban J connectivity index is 1.27. The summed E-state index contributed by atoms with van der Waals surface area (Å²) in [7, 11) is 0.180. The van der Waals surface area contributed by atoms with Gasteiger partial charge in [0, 0.05) is 31.0 Å². The number of methoxy groups -OCH3 is 1. The van der Waals surface area contributed by atoms with Crippen molar-refractivity contribution in [2.45, 2.75) is 76.2 Å². The fourth-order valence-electron chi connectivity index (χ4n) is 6.46. The van der Waals surface area contributed by atoms with Crippen molar-refractivity contribution in [3.05, 3.63) is 94.0 Å². The third kappa shape index (κ3) is 6.36. The first-order valence-electron chi connectivity index (χ1n) is 15.5. The number of carbonyl (C=O) groups is 1. The number of amides is 1. The van der Waals surface area contributed by atoms with Crippen molar-refractivity contribution in [1.82, 2.24) is 14.2 Å². The number of hydrogen-bond donors (Lipinski definition) is 1. The van der Waals surface area contributed by atoms with Gasteiger partial charge in [-0.3, -0.25) is 9.36 Å². The van der Waals surface area contributed by atoms with Crippen LogP contribution in [-0.2, 0) is 28.9 Å². The van der Waals surface area contributed by atoms with Crippen molar-refractivity contribution in [2.75, 3.05) is 32.2 Å². The molecule has 45 heavy (non-hydrogen) atoms. The van der Waals surface area contributed by atoms with Crippen molar-refractivity contribution < 1.29 is 28.1 Å². The number of aryl methyl sites for hydroxylation is 1. The number of rotatable bonds is 11. The maximum Gasteiger partial charge on any atom is 0.351 e. The van der Waals surface area contributed by atoms with Gasteiger partial charge in [0.25, 0.3) is 14.4 Å². The molecule has 0 aliphatic carbocycles. The van der Waals surface area contributed by atoms with Gasteiger partial charge in [-0.1, -0.05) is 55.5 Å². The maximum atomic E-state index is 13.5. The lowest BCUT2D eigenvalue weighted by Crippen LogP contribution is -2.40. The summed E-state index contributed by atoms with van der Waals surface area (Å²) >= 11 is 0. The van der Waals surface area contributed by atoms with Crippen LogP contribution >= 0.6 is 8.53 Å². The molecule has 3 saturated heterocycles. The second kappa shape index (κ2) is 13.8. The lowest BCUT2D eigenvalue weighted by atomic mass is 9.87. The number of ether oxygens (including phenoxy) is 3. The maximum absolute atomic E-state index is 13.5. The summed E-state index contributed by atoms with van der Waals surface area (Å²) in [5, 5.41) is 2.76. The van der Waals surface area contributed by atoms with E-state index in [1.165, 1.54) is 4.57 Å². The summed E-state index contributed by atoms with van der Waals surface area (Å²) in [4.78, 5) is 30.5. The quantitative estimate of drug-likeness (QED) is 0.225. The Labute approximate surface area is 264 Å². The second-order valence-electron chi connectivity index (χ2n) is 11.8. The predicted molar refractivity (Wildman–Crippen MR) is 170 cm³/mol. The number of carbonyl (C=O) groups excluding carboxylic acids is 1. The van der Waals surface area contributed by atoms with E-state index in [1.807, 2.05) is 31.2 Å². The number of hydrogen-bond acceptors (Lipinski definition) is 9. The Bertz CT molecular complexity index is 1530. The molecule has 0 spiro atoms. The monoisotopic (exact) mass is 636 g/mol. The van der Waals surface area contributed by atoms with Gasteiger partial charge in [-0.2, -0.15) is 4.98 Å². The summed E-state index contributed by atoms with van der Waals surface area (Å²) in [6.45, 7) is 7.52. The highest BCUT2D eigenvalue weighted by Crippen LogP contribution is 2.64. The predicted octanol–water partition coefficient (Wildman–Crippen LogP) is 5.17. The molecule has 1 aromatic heterocycles. The molecule has 7 atom stereocenters. The minimum absolute atomic E-state index is 0.197. The number of nitrogens with one attached hydrogen (secondary N) is 1. The molecule has 0 saturated carbocycles. The van der Waals surface area contributed by atoms with Crippen molar-refractivity contribution >= 4 is 20.3 Å². The molecule has 240 valence electrons. The summed E-state index contributed by atoms with van der Waals surface area (Å²) in [5.74, 6) is -0.148. The van der Waals surface area contributed by atoms with Crippen LogP contribution in [0, 0.1) is 6.92 Å². The summed E-state index contributed by atoms with van der Waals surface area (Å²) in [5.41, 5.74) is 1.14. The Morgan fingerprint density at radius 1 is 1.11 bits per heavy atom. The minimum Gasteiger partial charge on any atom is -0.382 e. The highest BCUT2D eigenvalue weighted by atomic mass is 31.2.